The number of nitrogens with one attached hydrogen (secondary N) is 1. The average Bonchev–Trinajstić information content (AvgIpc) is 2.87. The third-order valence-electron chi connectivity index (χ3n) is 2.74. The molecule has 0 aliphatic rings. The van der Waals surface area contributed by atoms with E-state index in [1.54, 1.807) is 24.4 Å². The number of carbonyl (C=O) groups is 1. The summed E-state index contributed by atoms with van der Waals surface area (Å²) in [6.07, 6.45) is 3.24. The molecule has 0 aliphatic carbocycles. The van der Waals surface area contributed by atoms with Crippen LogP contribution in [0, 0.1) is 0 Å². The van der Waals surface area contributed by atoms with Crippen LogP contribution >= 0.6 is 0 Å². The van der Waals surface area contributed by atoms with E-state index in [0.29, 0.717) is 0 Å². The number of H-pyrrole nitrogens is 1. The van der Waals surface area contributed by atoms with Crippen LogP contribution in [0.15, 0.2) is 42.9 Å². The van der Waals surface area contributed by atoms with Crippen molar-refractivity contribution in [3.8, 4) is 11.3 Å². The first-order valence-corrected chi connectivity index (χ1v) is 5.37. The minimum Gasteiger partial charge on any atom is -0.478 e. The van der Waals surface area contributed by atoms with Gasteiger partial charge in [0.15, 0.2) is 0 Å². The quantitative estimate of drug-likeness (QED) is 0.719. The summed E-state index contributed by atoms with van der Waals surface area (Å²) in [4.78, 5) is 22.3. The lowest BCUT2D eigenvalue weighted by Gasteiger charge is -2.03. The molecule has 0 atom stereocenters. The highest BCUT2D eigenvalue weighted by Crippen LogP contribution is 2.25. The molecular weight excluding hydrogens is 230 g/mol. The lowest BCUT2D eigenvalue weighted by molar-refractivity contribution is 0.0697. The van der Waals surface area contributed by atoms with E-state index in [4.69, 9.17) is 5.11 Å². The number of aromatic carboxylic acids is 1. The Morgan fingerprint density at radius 3 is 2.94 bits per heavy atom. The summed E-state index contributed by atoms with van der Waals surface area (Å²) in [6, 6.07) is 8.58. The minimum absolute atomic E-state index is 0.245. The van der Waals surface area contributed by atoms with Gasteiger partial charge in [-0.05, 0) is 18.2 Å². The zero-order valence-electron chi connectivity index (χ0n) is 9.29. The van der Waals surface area contributed by atoms with Gasteiger partial charge in [-0.25, -0.2) is 14.8 Å². The highest BCUT2D eigenvalue weighted by molar-refractivity contribution is 5.93. The molecule has 2 aromatic heterocycles. The number of carboxylic acids is 1. The van der Waals surface area contributed by atoms with Gasteiger partial charge in [-0.3, -0.25) is 0 Å². The molecule has 3 aromatic rings. The maximum atomic E-state index is 11.0. The summed E-state index contributed by atoms with van der Waals surface area (Å²) < 4.78 is 0. The smallest absolute Gasteiger partial charge is 0.335 e. The highest BCUT2D eigenvalue weighted by Gasteiger charge is 2.09. The van der Waals surface area contributed by atoms with E-state index in [1.165, 1.54) is 6.33 Å². The standard InChI is InChI=1S/C13H9N3O2/c17-13(18)9-3-1-2-8(6-9)11-10-4-5-14-12(10)16-7-15-11/h1-7H,(H,17,18)(H,14,15,16). The summed E-state index contributed by atoms with van der Waals surface area (Å²) >= 11 is 0. The number of hydrogen-bond donors (Lipinski definition) is 2. The van der Waals surface area contributed by atoms with Gasteiger partial charge >= 0.3 is 5.97 Å². The predicted molar refractivity (Wildman–Crippen MR) is 66.3 cm³/mol. The summed E-state index contributed by atoms with van der Waals surface area (Å²) in [5, 5.41) is 9.87. The molecule has 18 heavy (non-hydrogen) atoms. The Labute approximate surface area is 102 Å². The molecule has 0 saturated heterocycles. The molecule has 1 aromatic carbocycles. The van der Waals surface area contributed by atoms with Crippen molar-refractivity contribution in [2.45, 2.75) is 0 Å². The maximum absolute atomic E-state index is 11.0. The lowest BCUT2D eigenvalue weighted by Crippen LogP contribution is -1.96. The normalized spacial score (nSPS) is 10.7. The summed E-state index contributed by atoms with van der Waals surface area (Å²) in [5.41, 5.74) is 2.47. The molecule has 0 saturated carbocycles. The summed E-state index contributed by atoms with van der Waals surface area (Å²) in [6.45, 7) is 0. The van der Waals surface area contributed by atoms with Crippen LogP contribution in [0.4, 0.5) is 0 Å². The first-order chi connectivity index (χ1) is 8.75. The van der Waals surface area contributed by atoms with Crippen LogP contribution in [0.5, 0.6) is 0 Å². The molecule has 0 unspecified atom stereocenters. The van der Waals surface area contributed by atoms with E-state index < -0.39 is 5.97 Å². The van der Waals surface area contributed by atoms with Crippen molar-refractivity contribution in [3.63, 3.8) is 0 Å². The monoisotopic (exact) mass is 239 g/mol. The molecule has 5 heteroatoms. The molecule has 0 amide bonds. The SMILES string of the molecule is O=C(O)c1cccc(-c2ncnc3[nH]ccc23)c1. The fourth-order valence-corrected chi connectivity index (χ4v) is 1.90. The minimum atomic E-state index is -0.948. The largest absolute Gasteiger partial charge is 0.478 e. The predicted octanol–water partition coefficient (Wildman–Crippen LogP) is 2.32. The van der Waals surface area contributed by atoms with Crippen LogP contribution in [0.3, 0.4) is 0 Å². The average molecular weight is 239 g/mol. The van der Waals surface area contributed by atoms with Crippen molar-refractivity contribution >= 4 is 17.0 Å². The van der Waals surface area contributed by atoms with Gasteiger partial charge in [-0.2, -0.15) is 0 Å². The Balaban J connectivity index is 2.23. The van der Waals surface area contributed by atoms with Crippen molar-refractivity contribution in [1.29, 1.82) is 0 Å². The number of aromatic nitrogens is 3. The Morgan fingerprint density at radius 1 is 1.22 bits per heavy atom. The molecule has 0 bridgehead atoms. The second-order valence-corrected chi connectivity index (χ2v) is 3.85. The van der Waals surface area contributed by atoms with Crippen molar-refractivity contribution in [1.82, 2.24) is 15.0 Å². The fourth-order valence-electron chi connectivity index (χ4n) is 1.90. The van der Waals surface area contributed by atoms with Gasteiger partial charge < -0.3 is 10.1 Å². The molecule has 3 rings (SSSR count). The zero-order valence-corrected chi connectivity index (χ0v) is 9.29. The highest BCUT2D eigenvalue weighted by atomic mass is 16.4. The Hall–Kier alpha value is -2.69. The van der Waals surface area contributed by atoms with Gasteiger partial charge in [0.05, 0.1) is 11.3 Å². The summed E-state index contributed by atoms with van der Waals surface area (Å²) in [5.74, 6) is -0.948. The van der Waals surface area contributed by atoms with Crippen LogP contribution in [-0.2, 0) is 0 Å². The topological polar surface area (TPSA) is 78.9 Å². The number of rotatable bonds is 2. The number of hydrogen-bond acceptors (Lipinski definition) is 3. The Morgan fingerprint density at radius 2 is 2.11 bits per heavy atom. The van der Waals surface area contributed by atoms with Crippen LogP contribution in [0.2, 0.25) is 0 Å². The number of aromatic amines is 1. The molecule has 0 aliphatic heterocycles. The molecule has 88 valence electrons. The van der Waals surface area contributed by atoms with Crippen molar-refractivity contribution in [3.05, 3.63) is 48.4 Å². The van der Waals surface area contributed by atoms with E-state index >= 15 is 0 Å². The van der Waals surface area contributed by atoms with E-state index in [1.807, 2.05) is 12.1 Å². The molecule has 0 fully saturated rings. The number of fused-ring (bicyclic) bond motifs is 1. The van der Waals surface area contributed by atoms with E-state index in [9.17, 15) is 4.79 Å². The molecule has 2 N–H and O–H groups in total. The summed E-state index contributed by atoms with van der Waals surface area (Å²) in [7, 11) is 0. The van der Waals surface area contributed by atoms with Crippen molar-refractivity contribution in [2.24, 2.45) is 0 Å². The Bertz CT molecular complexity index is 734. The number of carboxylic acid groups (broad SMARTS) is 1. The van der Waals surface area contributed by atoms with Crippen LogP contribution in [0.25, 0.3) is 22.3 Å². The first-order valence-electron chi connectivity index (χ1n) is 5.37. The molecular formula is C13H9N3O2. The molecule has 0 spiro atoms. The van der Waals surface area contributed by atoms with Crippen LogP contribution < -0.4 is 0 Å². The van der Waals surface area contributed by atoms with Gasteiger partial charge in [-0.1, -0.05) is 12.1 Å². The van der Waals surface area contributed by atoms with E-state index in [-0.39, 0.29) is 5.56 Å². The molecule has 0 radical (unpaired) electrons. The Kier molecular flexibility index (Phi) is 2.30. The van der Waals surface area contributed by atoms with Gasteiger partial charge in [-0.15, -0.1) is 0 Å². The van der Waals surface area contributed by atoms with Crippen LogP contribution in [-0.4, -0.2) is 26.0 Å². The van der Waals surface area contributed by atoms with Gasteiger partial charge in [0.25, 0.3) is 0 Å². The van der Waals surface area contributed by atoms with Crippen molar-refractivity contribution < 1.29 is 9.90 Å². The van der Waals surface area contributed by atoms with E-state index in [2.05, 4.69) is 15.0 Å². The van der Waals surface area contributed by atoms with Gasteiger partial charge in [0.1, 0.15) is 12.0 Å². The van der Waals surface area contributed by atoms with E-state index in [0.717, 1.165) is 22.3 Å². The molecule has 2 heterocycles. The van der Waals surface area contributed by atoms with Crippen LogP contribution in [0.1, 0.15) is 10.4 Å². The third-order valence-corrected chi connectivity index (χ3v) is 2.74. The maximum Gasteiger partial charge on any atom is 0.335 e. The lowest BCUT2D eigenvalue weighted by atomic mass is 10.1. The fraction of sp³-hybridized carbons (Fsp3) is 0. The third kappa shape index (κ3) is 1.62. The zero-order chi connectivity index (χ0) is 12.5. The second-order valence-electron chi connectivity index (χ2n) is 3.85. The number of nitrogens with zero attached hydrogens (tertiary/aromatic N) is 2. The second kappa shape index (κ2) is 3.96. The van der Waals surface area contributed by atoms with Crippen molar-refractivity contribution in [2.75, 3.05) is 0 Å². The molecule has 5 nitrogen and oxygen atoms in total. The van der Waals surface area contributed by atoms with Gasteiger partial charge in [0.2, 0.25) is 0 Å². The number of benzene rings is 1. The van der Waals surface area contributed by atoms with Gasteiger partial charge in [0, 0.05) is 17.1 Å². The first kappa shape index (κ1) is 10.5.